The van der Waals surface area contributed by atoms with E-state index >= 15 is 0 Å². The Morgan fingerprint density at radius 3 is 2.56 bits per heavy atom. The highest BCUT2D eigenvalue weighted by atomic mass is 19.1. The van der Waals surface area contributed by atoms with E-state index in [1.807, 2.05) is 6.07 Å². The van der Waals surface area contributed by atoms with Gasteiger partial charge in [-0.1, -0.05) is 32.9 Å². The molecular formula is C15H24FNO. The van der Waals surface area contributed by atoms with E-state index in [9.17, 15) is 4.39 Å². The van der Waals surface area contributed by atoms with Gasteiger partial charge in [0.2, 0.25) is 0 Å². The van der Waals surface area contributed by atoms with Crippen LogP contribution in [0.4, 0.5) is 4.39 Å². The molecule has 0 bridgehead atoms. The van der Waals surface area contributed by atoms with Crippen LogP contribution in [0.1, 0.15) is 39.4 Å². The Labute approximate surface area is 110 Å². The fraction of sp³-hybridized carbons (Fsp3) is 0.600. The summed E-state index contributed by atoms with van der Waals surface area (Å²) in [6.45, 7) is 9.95. The summed E-state index contributed by atoms with van der Waals surface area (Å²) in [7, 11) is 0. The molecule has 0 spiro atoms. The van der Waals surface area contributed by atoms with Gasteiger partial charge in [0.25, 0.3) is 0 Å². The van der Waals surface area contributed by atoms with Gasteiger partial charge in [-0.3, -0.25) is 0 Å². The van der Waals surface area contributed by atoms with Crippen LogP contribution in [0.2, 0.25) is 0 Å². The monoisotopic (exact) mass is 253 g/mol. The first-order chi connectivity index (χ1) is 8.54. The third-order valence-electron chi connectivity index (χ3n) is 3.12. The molecule has 2 nitrogen and oxygen atoms in total. The van der Waals surface area contributed by atoms with Crippen LogP contribution >= 0.6 is 0 Å². The maximum Gasteiger partial charge on any atom is 0.123 e. The maximum atomic E-state index is 13.3. The fourth-order valence-corrected chi connectivity index (χ4v) is 1.64. The number of ether oxygens (including phenoxy) is 1. The van der Waals surface area contributed by atoms with Crippen LogP contribution in [0, 0.1) is 11.7 Å². The van der Waals surface area contributed by atoms with Crippen molar-refractivity contribution in [1.29, 1.82) is 0 Å². The first-order valence-corrected chi connectivity index (χ1v) is 6.66. The Kier molecular flexibility index (Phi) is 6.30. The van der Waals surface area contributed by atoms with Gasteiger partial charge in [-0.25, -0.2) is 4.39 Å². The van der Waals surface area contributed by atoms with Crippen molar-refractivity contribution in [1.82, 2.24) is 5.32 Å². The van der Waals surface area contributed by atoms with Gasteiger partial charge in [0, 0.05) is 6.54 Å². The van der Waals surface area contributed by atoms with E-state index in [2.05, 4.69) is 33.0 Å². The molecule has 102 valence electrons. The van der Waals surface area contributed by atoms with Gasteiger partial charge < -0.3 is 10.1 Å². The van der Waals surface area contributed by atoms with Crippen molar-refractivity contribution in [3.63, 3.8) is 0 Å². The van der Waals surface area contributed by atoms with E-state index in [1.54, 1.807) is 12.1 Å². The Bertz CT molecular complexity index is 354. The minimum Gasteiger partial charge on any atom is -0.369 e. The summed E-state index contributed by atoms with van der Waals surface area (Å²) in [6, 6.07) is 6.65. The lowest BCUT2D eigenvalue weighted by molar-refractivity contribution is -0.0258. The minimum absolute atomic E-state index is 0.0990. The van der Waals surface area contributed by atoms with Crippen LogP contribution in [0.25, 0.3) is 0 Å². The van der Waals surface area contributed by atoms with Crippen molar-refractivity contribution in [2.75, 3.05) is 13.1 Å². The average Bonchev–Trinajstić information content (AvgIpc) is 2.34. The van der Waals surface area contributed by atoms with Crippen molar-refractivity contribution in [2.24, 2.45) is 5.92 Å². The summed E-state index contributed by atoms with van der Waals surface area (Å²) in [4.78, 5) is 0. The van der Waals surface area contributed by atoms with Crippen molar-refractivity contribution < 1.29 is 9.13 Å². The summed E-state index contributed by atoms with van der Waals surface area (Å²) >= 11 is 0. The molecule has 3 heteroatoms. The average molecular weight is 253 g/mol. The summed E-state index contributed by atoms with van der Waals surface area (Å²) < 4.78 is 19.3. The topological polar surface area (TPSA) is 21.3 Å². The number of hydrogen-bond acceptors (Lipinski definition) is 2. The summed E-state index contributed by atoms with van der Waals surface area (Å²) in [5.41, 5.74) is 0.892. The quantitative estimate of drug-likeness (QED) is 0.802. The molecule has 0 radical (unpaired) electrons. The predicted octanol–water partition coefficient (Wildman–Crippen LogP) is 3.54. The molecule has 1 aromatic carbocycles. The van der Waals surface area contributed by atoms with E-state index in [4.69, 9.17) is 4.74 Å². The molecule has 2 atom stereocenters. The highest BCUT2D eigenvalue weighted by Crippen LogP contribution is 2.22. The van der Waals surface area contributed by atoms with Gasteiger partial charge in [-0.05, 0) is 37.1 Å². The molecule has 0 fully saturated rings. The zero-order valence-electron chi connectivity index (χ0n) is 11.7. The minimum atomic E-state index is -0.213. The van der Waals surface area contributed by atoms with E-state index in [0.717, 1.165) is 12.1 Å². The Hall–Kier alpha value is -0.930. The lowest BCUT2D eigenvalue weighted by atomic mass is 10.1. The van der Waals surface area contributed by atoms with Crippen molar-refractivity contribution in [3.05, 3.63) is 35.6 Å². The molecule has 0 saturated heterocycles. The second-order valence-corrected chi connectivity index (χ2v) is 4.94. The molecule has 0 heterocycles. The summed E-state index contributed by atoms with van der Waals surface area (Å²) in [6.07, 6.45) is 0.0509. The highest BCUT2D eigenvalue weighted by molar-refractivity contribution is 5.19. The molecule has 0 amide bonds. The molecule has 1 N–H and O–H groups in total. The summed E-state index contributed by atoms with van der Waals surface area (Å²) in [5.74, 6) is 0.234. The lowest BCUT2D eigenvalue weighted by Crippen LogP contribution is -2.27. The van der Waals surface area contributed by atoms with E-state index < -0.39 is 0 Å². The van der Waals surface area contributed by atoms with Crippen LogP contribution < -0.4 is 5.32 Å². The third kappa shape index (κ3) is 4.75. The van der Waals surface area contributed by atoms with Crippen LogP contribution in [0.5, 0.6) is 0 Å². The highest BCUT2D eigenvalue weighted by Gasteiger charge is 2.17. The lowest BCUT2D eigenvalue weighted by Gasteiger charge is -2.25. The SMILES string of the molecule is CCNCC(OC(C)C(C)C)c1cccc(F)c1. The van der Waals surface area contributed by atoms with Gasteiger partial charge in [0.15, 0.2) is 0 Å². The molecule has 1 aromatic rings. The predicted molar refractivity (Wildman–Crippen MR) is 73.1 cm³/mol. The second kappa shape index (κ2) is 7.49. The number of benzene rings is 1. The number of rotatable bonds is 7. The maximum absolute atomic E-state index is 13.3. The molecule has 1 rings (SSSR count). The molecular weight excluding hydrogens is 229 g/mol. The van der Waals surface area contributed by atoms with Crippen LogP contribution in [-0.2, 0) is 4.74 Å². The standard InChI is InChI=1S/C15H24FNO/c1-5-17-10-15(18-12(4)11(2)3)13-7-6-8-14(16)9-13/h6-9,11-12,15,17H,5,10H2,1-4H3. The smallest absolute Gasteiger partial charge is 0.123 e. The molecule has 0 saturated carbocycles. The van der Waals surface area contributed by atoms with Gasteiger partial charge in [-0.15, -0.1) is 0 Å². The molecule has 0 aliphatic heterocycles. The number of likely N-dealkylation sites (N-methyl/N-ethyl adjacent to an activating group) is 1. The van der Waals surface area contributed by atoms with Crippen LogP contribution in [0.15, 0.2) is 24.3 Å². The van der Waals surface area contributed by atoms with Crippen molar-refractivity contribution in [3.8, 4) is 0 Å². The normalized spacial score (nSPS) is 14.8. The first-order valence-electron chi connectivity index (χ1n) is 6.66. The van der Waals surface area contributed by atoms with Crippen molar-refractivity contribution in [2.45, 2.75) is 39.9 Å². The third-order valence-corrected chi connectivity index (χ3v) is 3.12. The molecule has 0 aromatic heterocycles. The van der Waals surface area contributed by atoms with Gasteiger partial charge in [0.05, 0.1) is 12.2 Å². The number of nitrogens with one attached hydrogen (secondary N) is 1. The van der Waals surface area contributed by atoms with Crippen LogP contribution in [-0.4, -0.2) is 19.2 Å². The molecule has 0 aliphatic rings. The molecule has 18 heavy (non-hydrogen) atoms. The Morgan fingerprint density at radius 1 is 1.28 bits per heavy atom. The summed E-state index contributed by atoms with van der Waals surface area (Å²) in [5, 5.41) is 3.26. The van der Waals surface area contributed by atoms with Crippen LogP contribution in [0.3, 0.4) is 0 Å². The molecule has 2 unspecified atom stereocenters. The molecule has 0 aliphatic carbocycles. The fourth-order valence-electron chi connectivity index (χ4n) is 1.64. The zero-order valence-corrected chi connectivity index (χ0v) is 11.7. The number of halogens is 1. The zero-order chi connectivity index (χ0) is 13.5. The van der Waals surface area contributed by atoms with Gasteiger partial charge in [-0.2, -0.15) is 0 Å². The largest absolute Gasteiger partial charge is 0.369 e. The Morgan fingerprint density at radius 2 is 2.00 bits per heavy atom. The number of hydrogen-bond donors (Lipinski definition) is 1. The van der Waals surface area contributed by atoms with E-state index in [1.165, 1.54) is 6.07 Å². The van der Waals surface area contributed by atoms with E-state index in [-0.39, 0.29) is 18.0 Å². The van der Waals surface area contributed by atoms with Gasteiger partial charge in [0.1, 0.15) is 5.82 Å². The van der Waals surface area contributed by atoms with Crippen molar-refractivity contribution >= 4 is 0 Å². The van der Waals surface area contributed by atoms with Gasteiger partial charge >= 0.3 is 0 Å². The second-order valence-electron chi connectivity index (χ2n) is 4.94. The Balaban J connectivity index is 2.77. The van der Waals surface area contributed by atoms with E-state index in [0.29, 0.717) is 12.5 Å². The first kappa shape index (κ1) is 15.1.